The van der Waals surface area contributed by atoms with Gasteiger partial charge in [-0.05, 0) is 47.7 Å². The van der Waals surface area contributed by atoms with Gasteiger partial charge in [-0.25, -0.2) is 4.79 Å². The summed E-state index contributed by atoms with van der Waals surface area (Å²) in [4.78, 5) is 23.7. The van der Waals surface area contributed by atoms with Crippen LogP contribution < -0.4 is 16.0 Å². The van der Waals surface area contributed by atoms with Crippen LogP contribution in [0.5, 0.6) is 0 Å². The molecule has 0 bridgehead atoms. The third-order valence-corrected chi connectivity index (χ3v) is 4.12. The lowest BCUT2D eigenvalue weighted by atomic mass is 10.0. The Kier molecular flexibility index (Phi) is 7.62. The molecule has 0 spiro atoms. The molecule has 0 aliphatic heterocycles. The molecule has 3 N–H and O–H groups in total. The van der Waals surface area contributed by atoms with Gasteiger partial charge in [-0.1, -0.05) is 44.2 Å². The van der Waals surface area contributed by atoms with Crippen molar-refractivity contribution in [3.8, 4) is 0 Å². The monoisotopic (exact) mass is 365 g/mol. The molecule has 0 aliphatic rings. The van der Waals surface area contributed by atoms with E-state index in [0.717, 1.165) is 5.56 Å². The summed E-state index contributed by atoms with van der Waals surface area (Å²) >= 11 is 0. The Morgan fingerprint density at radius 2 is 1.56 bits per heavy atom. The fourth-order valence-electron chi connectivity index (χ4n) is 2.53. The maximum absolute atomic E-state index is 12.1. The van der Waals surface area contributed by atoms with Crippen molar-refractivity contribution in [1.82, 2.24) is 5.32 Å². The van der Waals surface area contributed by atoms with Gasteiger partial charge in [0.1, 0.15) is 0 Å². The van der Waals surface area contributed by atoms with E-state index in [4.69, 9.17) is 0 Å². The highest BCUT2D eigenvalue weighted by Gasteiger charge is 2.05. The van der Waals surface area contributed by atoms with Crippen LogP contribution in [0.25, 0.3) is 0 Å². The van der Waals surface area contributed by atoms with Crippen LogP contribution >= 0.6 is 0 Å². The molecular weight excluding hydrogens is 338 g/mol. The molecule has 0 unspecified atom stereocenters. The van der Waals surface area contributed by atoms with Crippen molar-refractivity contribution in [3.63, 3.8) is 0 Å². The van der Waals surface area contributed by atoms with Gasteiger partial charge in [-0.3, -0.25) is 4.79 Å². The number of nitrogens with one attached hydrogen (secondary N) is 3. The Labute approximate surface area is 160 Å². The van der Waals surface area contributed by atoms with Crippen LogP contribution in [0, 0.1) is 0 Å². The molecule has 2 aromatic carbocycles. The fraction of sp³-hybridized carbons (Fsp3) is 0.273. The first-order valence-corrected chi connectivity index (χ1v) is 9.12. The topological polar surface area (TPSA) is 70.2 Å². The van der Waals surface area contributed by atoms with Crippen LogP contribution in [-0.2, 0) is 11.2 Å². The molecule has 0 saturated heterocycles. The molecule has 0 atom stereocenters. The molecule has 27 heavy (non-hydrogen) atoms. The summed E-state index contributed by atoms with van der Waals surface area (Å²) in [6.07, 6.45) is 2.73. The standard InChI is InChI=1S/C22H27N3O2/c1-4-15-23-22(27)25-20-12-10-19(11-13-20)24-21(26)14-7-17-5-8-18(9-6-17)16(2)3/h4-6,8-13,16H,1,7,14-15H2,2-3H3,(H,24,26)(H2,23,25,27). The van der Waals surface area contributed by atoms with Crippen LogP contribution in [0.3, 0.4) is 0 Å². The number of hydrogen-bond acceptors (Lipinski definition) is 2. The first-order valence-electron chi connectivity index (χ1n) is 9.12. The smallest absolute Gasteiger partial charge is 0.319 e. The predicted molar refractivity (Wildman–Crippen MR) is 111 cm³/mol. The number of carbonyl (C=O) groups is 2. The summed E-state index contributed by atoms with van der Waals surface area (Å²) in [6.45, 7) is 8.27. The molecule has 0 heterocycles. The third-order valence-electron chi connectivity index (χ3n) is 4.12. The molecule has 3 amide bonds. The molecule has 0 radical (unpaired) electrons. The van der Waals surface area contributed by atoms with E-state index in [2.05, 4.69) is 60.6 Å². The minimum atomic E-state index is -0.296. The van der Waals surface area contributed by atoms with Crippen molar-refractivity contribution >= 4 is 23.3 Å². The minimum Gasteiger partial charge on any atom is -0.334 e. The highest BCUT2D eigenvalue weighted by molar-refractivity contribution is 5.92. The number of urea groups is 1. The lowest BCUT2D eigenvalue weighted by molar-refractivity contribution is -0.116. The molecule has 0 saturated carbocycles. The Hall–Kier alpha value is -3.08. The van der Waals surface area contributed by atoms with E-state index < -0.39 is 0 Å². The molecule has 142 valence electrons. The van der Waals surface area contributed by atoms with Gasteiger partial charge in [0.25, 0.3) is 0 Å². The van der Waals surface area contributed by atoms with Crippen molar-refractivity contribution in [2.45, 2.75) is 32.6 Å². The Morgan fingerprint density at radius 3 is 2.11 bits per heavy atom. The average Bonchev–Trinajstić information content (AvgIpc) is 2.66. The predicted octanol–water partition coefficient (Wildman–Crippen LogP) is 4.69. The van der Waals surface area contributed by atoms with E-state index in [9.17, 15) is 9.59 Å². The summed E-state index contributed by atoms with van der Waals surface area (Å²) < 4.78 is 0. The molecule has 2 aromatic rings. The molecule has 5 heteroatoms. The molecule has 0 aliphatic carbocycles. The van der Waals surface area contributed by atoms with Gasteiger partial charge in [0.05, 0.1) is 0 Å². The first kappa shape index (κ1) is 20.2. The van der Waals surface area contributed by atoms with Gasteiger partial charge in [0.15, 0.2) is 0 Å². The van der Waals surface area contributed by atoms with Crippen LogP contribution in [0.15, 0.2) is 61.2 Å². The zero-order chi connectivity index (χ0) is 19.6. The Balaban J connectivity index is 1.79. The lowest BCUT2D eigenvalue weighted by Gasteiger charge is -2.09. The van der Waals surface area contributed by atoms with Crippen LogP contribution in [0.2, 0.25) is 0 Å². The van der Waals surface area contributed by atoms with Crippen LogP contribution in [0.1, 0.15) is 37.3 Å². The zero-order valence-electron chi connectivity index (χ0n) is 15.9. The average molecular weight is 365 g/mol. The lowest BCUT2D eigenvalue weighted by Crippen LogP contribution is -2.28. The molecule has 2 rings (SSSR count). The Bertz CT molecular complexity index is 765. The van der Waals surface area contributed by atoms with Gasteiger partial charge in [-0.2, -0.15) is 0 Å². The number of carbonyl (C=O) groups excluding carboxylic acids is 2. The first-order chi connectivity index (χ1) is 13.0. The summed E-state index contributed by atoms with van der Waals surface area (Å²) in [5.41, 5.74) is 3.81. The fourth-order valence-corrected chi connectivity index (χ4v) is 2.53. The van der Waals surface area contributed by atoms with Gasteiger partial charge in [-0.15, -0.1) is 6.58 Å². The number of hydrogen-bond donors (Lipinski definition) is 3. The van der Waals surface area contributed by atoms with Crippen molar-refractivity contribution in [2.75, 3.05) is 17.2 Å². The summed E-state index contributed by atoms with van der Waals surface area (Å²) in [5, 5.41) is 8.21. The van der Waals surface area contributed by atoms with E-state index in [-0.39, 0.29) is 11.9 Å². The van der Waals surface area contributed by atoms with Crippen molar-refractivity contribution < 1.29 is 9.59 Å². The van der Waals surface area contributed by atoms with E-state index >= 15 is 0 Å². The van der Waals surface area contributed by atoms with Gasteiger partial charge in [0, 0.05) is 24.3 Å². The van der Waals surface area contributed by atoms with E-state index in [1.165, 1.54) is 5.56 Å². The highest BCUT2D eigenvalue weighted by Crippen LogP contribution is 2.16. The van der Waals surface area contributed by atoms with Crippen LogP contribution in [-0.4, -0.2) is 18.5 Å². The number of amides is 3. The zero-order valence-corrected chi connectivity index (χ0v) is 15.9. The maximum atomic E-state index is 12.1. The van der Waals surface area contributed by atoms with E-state index in [0.29, 0.717) is 36.7 Å². The number of rotatable bonds is 8. The normalized spacial score (nSPS) is 10.3. The number of anilines is 2. The summed E-state index contributed by atoms with van der Waals surface area (Å²) in [6, 6.07) is 15.1. The number of aryl methyl sites for hydroxylation is 1. The molecule has 5 nitrogen and oxygen atoms in total. The van der Waals surface area contributed by atoms with Crippen molar-refractivity contribution in [3.05, 3.63) is 72.3 Å². The van der Waals surface area contributed by atoms with Gasteiger partial charge < -0.3 is 16.0 Å². The number of benzene rings is 2. The Morgan fingerprint density at radius 1 is 0.963 bits per heavy atom. The molecule has 0 aromatic heterocycles. The van der Waals surface area contributed by atoms with E-state index in [1.807, 2.05) is 0 Å². The summed E-state index contributed by atoms with van der Waals surface area (Å²) in [5.74, 6) is 0.472. The SMILES string of the molecule is C=CCNC(=O)Nc1ccc(NC(=O)CCc2ccc(C(C)C)cc2)cc1. The van der Waals surface area contributed by atoms with Gasteiger partial charge >= 0.3 is 6.03 Å². The second kappa shape index (κ2) is 10.2. The second-order valence-corrected chi connectivity index (χ2v) is 6.65. The third kappa shape index (κ3) is 6.98. The second-order valence-electron chi connectivity index (χ2n) is 6.65. The maximum Gasteiger partial charge on any atom is 0.319 e. The quantitative estimate of drug-likeness (QED) is 0.594. The highest BCUT2D eigenvalue weighted by atomic mass is 16.2. The molecule has 0 fully saturated rings. The van der Waals surface area contributed by atoms with Gasteiger partial charge in [0.2, 0.25) is 5.91 Å². The largest absolute Gasteiger partial charge is 0.334 e. The van der Waals surface area contributed by atoms with Crippen molar-refractivity contribution in [1.29, 1.82) is 0 Å². The van der Waals surface area contributed by atoms with Crippen molar-refractivity contribution in [2.24, 2.45) is 0 Å². The van der Waals surface area contributed by atoms with E-state index in [1.54, 1.807) is 30.3 Å². The summed E-state index contributed by atoms with van der Waals surface area (Å²) in [7, 11) is 0. The molecular formula is C22H27N3O2. The minimum absolute atomic E-state index is 0.0348. The van der Waals surface area contributed by atoms with Crippen LogP contribution in [0.4, 0.5) is 16.2 Å².